The molecule has 0 aliphatic carbocycles. The van der Waals surface area contributed by atoms with E-state index in [1.165, 1.54) is 21.0 Å². The quantitative estimate of drug-likeness (QED) is 0.112. The number of nitrogens with zero attached hydrogens (tertiary/aromatic N) is 2. The van der Waals surface area contributed by atoms with E-state index in [1.54, 1.807) is 27.7 Å². The van der Waals surface area contributed by atoms with Crippen LogP contribution in [0.3, 0.4) is 0 Å². The van der Waals surface area contributed by atoms with E-state index in [2.05, 4.69) is 21.1 Å². The summed E-state index contributed by atoms with van der Waals surface area (Å²) >= 11 is 3.33. The highest BCUT2D eigenvalue weighted by atomic mass is 79.9. The number of halogens is 1. The number of methoxy groups -OCH3 is 1. The van der Waals surface area contributed by atoms with Gasteiger partial charge in [0.05, 0.1) is 29.6 Å². The molecule has 2 saturated heterocycles. The van der Waals surface area contributed by atoms with Gasteiger partial charge in [-0.05, 0) is 61.1 Å². The highest BCUT2D eigenvalue weighted by molar-refractivity contribution is 9.09. The van der Waals surface area contributed by atoms with E-state index in [9.17, 15) is 24.9 Å². The molecule has 0 saturated carbocycles. The van der Waals surface area contributed by atoms with Crippen LogP contribution in [0, 0.1) is 23.7 Å². The minimum Gasteiger partial charge on any atom is -0.459 e. The highest BCUT2D eigenvalue weighted by Crippen LogP contribution is 2.38. The van der Waals surface area contributed by atoms with E-state index in [-0.39, 0.29) is 31.6 Å². The predicted octanol–water partition coefficient (Wildman–Crippen LogP) is 2.92. The summed E-state index contributed by atoms with van der Waals surface area (Å²) in [4.78, 5) is 34.9. The van der Waals surface area contributed by atoms with Crippen LogP contribution in [-0.2, 0) is 33.4 Å². The van der Waals surface area contributed by atoms with Crippen LogP contribution in [0.15, 0.2) is 5.16 Å². The zero-order valence-electron chi connectivity index (χ0n) is 28.9. The number of rotatable bonds is 8. The molecule has 0 amide bonds. The lowest BCUT2D eigenvalue weighted by atomic mass is 9.74. The number of oxime groups is 1. The Morgan fingerprint density at radius 2 is 1.71 bits per heavy atom. The van der Waals surface area contributed by atoms with Crippen molar-refractivity contribution in [1.82, 2.24) is 4.90 Å². The summed E-state index contributed by atoms with van der Waals surface area (Å²) < 4.78 is 24.5. The first-order valence-corrected chi connectivity index (χ1v) is 17.1. The molecule has 0 spiro atoms. The lowest BCUT2D eigenvalue weighted by Gasteiger charge is -2.47. The third-order valence-corrected chi connectivity index (χ3v) is 10.0. The second-order valence-corrected chi connectivity index (χ2v) is 14.3. The number of aliphatic hydroxyl groups is 3. The van der Waals surface area contributed by atoms with Gasteiger partial charge >= 0.3 is 5.97 Å². The third-order valence-electron chi connectivity index (χ3n) is 9.68. The van der Waals surface area contributed by atoms with Gasteiger partial charge in [-0.15, -0.1) is 0 Å². The second-order valence-electron chi connectivity index (χ2n) is 13.5. The molecule has 0 bridgehead atoms. The standard InChI is InChI=1S/C32H57BrN2O10/c1-12-23-32(8,40)27(38)19(4)24(34-42-14-13-33)17(2)16-31(7,41-11)28(20(5)25(36)21(6)29(39)44-23)45-30-26(37)22(35(9)10)15-18(3)43-30/h17-23,26-28,30,37-38,40H,12-16H2,1-11H3/t17-,18-,19+,20+,21-,22+,23-,26-,27-,28-,30?,31+,32-/m1/s1. The molecule has 0 aromatic heterocycles. The summed E-state index contributed by atoms with van der Waals surface area (Å²) in [7, 11) is 5.26. The van der Waals surface area contributed by atoms with Crippen LogP contribution >= 0.6 is 15.9 Å². The van der Waals surface area contributed by atoms with Gasteiger partial charge in [0.1, 0.15) is 30.3 Å². The fourth-order valence-corrected chi connectivity index (χ4v) is 6.92. The Morgan fingerprint density at radius 1 is 1.09 bits per heavy atom. The molecule has 2 heterocycles. The van der Waals surface area contributed by atoms with Gasteiger partial charge < -0.3 is 44.0 Å². The van der Waals surface area contributed by atoms with E-state index >= 15 is 0 Å². The van der Waals surface area contributed by atoms with Crippen molar-refractivity contribution in [1.29, 1.82) is 0 Å². The molecule has 2 fully saturated rings. The van der Waals surface area contributed by atoms with Crippen molar-refractivity contribution in [2.75, 3.05) is 33.1 Å². The number of esters is 1. The number of hydrogen-bond acceptors (Lipinski definition) is 12. The van der Waals surface area contributed by atoms with E-state index in [0.29, 0.717) is 17.5 Å². The first-order chi connectivity index (χ1) is 20.9. The van der Waals surface area contributed by atoms with Crippen molar-refractivity contribution in [3.63, 3.8) is 0 Å². The maximum atomic E-state index is 14.0. The maximum absolute atomic E-state index is 14.0. The second kappa shape index (κ2) is 16.8. The Morgan fingerprint density at radius 3 is 2.24 bits per heavy atom. The van der Waals surface area contributed by atoms with Crippen LogP contribution in [0.25, 0.3) is 0 Å². The minimum atomic E-state index is -1.87. The molecule has 45 heavy (non-hydrogen) atoms. The van der Waals surface area contributed by atoms with Crippen LogP contribution in [0.1, 0.15) is 74.7 Å². The summed E-state index contributed by atoms with van der Waals surface area (Å²) in [5, 5.41) is 39.3. The van der Waals surface area contributed by atoms with E-state index in [0.717, 1.165) is 0 Å². The summed E-state index contributed by atoms with van der Waals surface area (Å²) in [6.45, 7) is 13.9. The van der Waals surface area contributed by atoms with Crippen molar-refractivity contribution in [3.8, 4) is 0 Å². The van der Waals surface area contributed by atoms with Gasteiger partial charge in [0.2, 0.25) is 0 Å². The number of hydrogen-bond donors (Lipinski definition) is 3. The fraction of sp³-hybridized carbons (Fsp3) is 0.906. The molecule has 13 heteroatoms. The van der Waals surface area contributed by atoms with Gasteiger partial charge in [-0.25, -0.2) is 0 Å². The Hall–Kier alpha value is -1.19. The molecule has 2 rings (SSSR count). The summed E-state index contributed by atoms with van der Waals surface area (Å²) in [5.41, 5.74) is -2.61. The summed E-state index contributed by atoms with van der Waals surface area (Å²) in [5.74, 6) is -4.55. The molecule has 13 atom stereocenters. The molecule has 2 aliphatic heterocycles. The predicted molar refractivity (Wildman–Crippen MR) is 173 cm³/mol. The number of alkyl halides is 1. The van der Waals surface area contributed by atoms with Crippen LogP contribution in [0.2, 0.25) is 0 Å². The molecule has 3 N–H and O–H groups in total. The maximum Gasteiger partial charge on any atom is 0.316 e. The number of aliphatic hydroxyl groups excluding tert-OH is 2. The van der Waals surface area contributed by atoms with E-state index < -0.39 is 77.3 Å². The van der Waals surface area contributed by atoms with Crippen molar-refractivity contribution in [3.05, 3.63) is 0 Å². The van der Waals surface area contributed by atoms with E-state index in [4.69, 9.17) is 23.8 Å². The molecule has 262 valence electrons. The number of ketones is 1. The lowest BCUT2D eigenvalue weighted by molar-refractivity contribution is -0.295. The number of Topliss-reactive ketones (excluding diaryl/α,β-unsaturated/α-hetero) is 1. The van der Waals surface area contributed by atoms with Crippen LogP contribution in [0.4, 0.5) is 0 Å². The Labute approximate surface area is 277 Å². The van der Waals surface area contributed by atoms with Crippen LogP contribution in [-0.4, -0.2) is 125 Å². The first kappa shape index (κ1) is 40.0. The van der Waals surface area contributed by atoms with E-state index in [1.807, 2.05) is 32.8 Å². The van der Waals surface area contributed by atoms with Crippen LogP contribution < -0.4 is 0 Å². The molecule has 2 aliphatic rings. The molecular weight excluding hydrogens is 652 g/mol. The average molecular weight is 710 g/mol. The van der Waals surface area contributed by atoms with Gasteiger partial charge in [-0.3, -0.25) is 9.59 Å². The van der Waals surface area contributed by atoms with Crippen molar-refractivity contribution >= 4 is 33.4 Å². The Balaban J connectivity index is 2.71. The third kappa shape index (κ3) is 9.25. The molecule has 0 radical (unpaired) electrons. The average Bonchev–Trinajstić information content (AvgIpc) is 2.99. The van der Waals surface area contributed by atoms with Crippen molar-refractivity contribution in [2.24, 2.45) is 28.8 Å². The number of likely N-dealkylation sites (N-methyl/N-ethyl adjacent to an activating group) is 1. The monoisotopic (exact) mass is 708 g/mol. The van der Waals surface area contributed by atoms with Gasteiger partial charge in [-0.2, -0.15) is 0 Å². The molecule has 1 unspecified atom stereocenters. The molecule has 0 aromatic carbocycles. The number of cyclic esters (lactones) is 1. The van der Waals surface area contributed by atoms with Gasteiger partial charge in [0.25, 0.3) is 0 Å². The number of ether oxygens (including phenoxy) is 4. The molecule has 12 nitrogen and oxygen atoms in total. The summed E-state index contributed by atoms with van der Waals surface area (Å²) in [6.07, 6.45) is -4.82. The Bertz CT molecular complexity index is 1010. The van der Waals surface area contributed by atoms with Gasteiger partial charge in [0, 0.05) is 36.2 Å². The highest BCUT2D eigenvalue weighted by Gasteiger charge is 2.51. The van der Waals surface area contributed by atoms with Crippen LogP contribution in [0.5, 0.6) is 0 Å². The lowest BCUT2D eigenvalue weighted by Crippen LogP contribution is -2.60. The number of carbonyl (C=O) groups excluding carboxylic acids is 2. The zero-order valence-corrected chi connectivity index (χ0v) is 30.4. The smallest absolute Gasteiger partial charge is 0.316 e. The van der Waals surface area contributed by atoms with Crippen molar-refractivity contribution < 1.29 is 48.7 Å². The largest absolute Gasteiger partial charge is 0.459 e. The fourth-order valence-electron chi connectivity index (χ4n) is 6.77. The van der Waals surface area contributed by atoms with Gasteiger partial charge in [-0.1, -0.05) is 48.8 Å². The Kier molecular flexibility index (Phi) is 14.9. The molecule has 0 aromatic rings. The number of carbonyl (C=O) groups is 2. The first-order valence-electron chi connectivity index (χ1n) is 16.0. The summed E-state index contributed by atoms with van der Waals surface area (Å²) in [6, 6.07) is -0.253. The van der Waals surface area contributed by atoms with Crippen molar-refractivity contribution in [2.45, 2.75) is 129 Å². The SMILES string of the molecule is CC[C@H]1OC(=O)[C@H](C)C(=O)[C@H](C)[C@@H](OC2O[C@H](C)C[C@H](N(C)C)[C@H]2O)[C@@](C)(OC)C[C@@H](C)C(=NOCCBr)[C@H](C)[C@@H](O)[C@]1(C)O. The zero-order chi connectivity index (χ0) is 34.4. The topological polar surface area (TPSA) is 157 Å². The minimum absolute atomic E-state index is 0.191. The molecular formula is C32H57BrN2O10. The normalized spacial score (nSPS) is 43.6. The van der Waals surface area contributed by atoms with Gasteiger partial charge in [0.15, 0.2) is 12.1 Å².